The average molecular weight is 527 g/mol. The minimum atomic E-state index is -1.22. The van der Waals surface area contributed by atoms with Crippen molar-refractivity contribution in [2.45, 2.75) is 30.7 Å². The predicted molar refractivity (Wildman–Crippen MR) is 140 cm³/mol. The van der Waals surface area contributed by atoms with Crippen LogP contribution in [0, 0.1) is 0 Å². The van der Waals surface area contributed by atoms with E-state index in [1.807, 2.05) is 0 Å². The third kappa shape index (κ3) is 7.07. The number of rotatable bonds is 10. The van der Waals surface area contributed by atoms with E-state index in [1.54, 1.807) is 91.0 Å². The van der Waals surface area contributed by atoms with E-state index in [-0.39, 0.29) is 17.7 Å². The molecule has 0 saturated carbocycles. The number of benzene rings is 3. The Kier molecular flexibility index (Phi) is 9.77. The van der Waals surface area contributed by atoms with Gasteiger partial charge in [0, 0.05) is 0 Å². The molecule has 1 radical (unpaired) electrons. The fourth-order valence-corrected chi connectivity index (χ4v) is 4.06. The summed E-state index contributed by atoms with van der Waals surface area (Å²) in [6.45, 7) is -0.329. The molecule has 0 amide bonds. The summed E-state index contributed by atoms with van der Waals surface area (Å²) in [4.78, 5) is 38.6. The first kappa shape index (κ1) is 27.9. The predicted octanol–water partition coefficient (Wildman–Crippen LogP) is 2.75. The molecule has 2 unspecified atom stereocenters. The Hall–Kier alpha value is -4.08. The quantitative estimate of drug-likeness (QED) is 0.224. The summed E-state index contributed by atoms with van der Waals surface area (Å²) < 4.78 is 34.1. The van der Waals surface area contributed by atoms with Crippen LogP contribution in [0.1, 0.15) is 31.1 Å². The normalized spacial score (nSPS) is 22.1. The van der Waals surface area contributed by atoms with E-state index in [1.165, 1.54) is 7.11 Å². The summed E-state index contributed by atoms with van der Waals surface area (Å²) in [5.74, 6) is -1.99. The number of hydrogen-bond acceptors (Lipinski definition) is 9. The summed E-state index contributed by atoms with van der Waals surface area (Å²) in [5.41, 5.74) is 0.867. The van der Waals surface area contributed by atoms with Crippen molar-refractivity contribution in [1.82, 2.24) is 0 Å². The van der Waals surface area contributed by atoms with Gasteiger partial charge in [-0.1, -0.05) is 0 Å². The molecule has 3 aromatic carbocycles. The fourth-order valence-electron chi connectivity index (χ4n) is 4.06. The third-order valence-electron chi connectivity index (χ3n) is 5.95. The molecule has 1 aliphatic heterocycles. The van der Waals surface area contributed by atoms with Gasteiger partial charge in [0.15, 0.2) is 0 Å². The van der Waals surface area contributed by atoms with Crippen molar-refractivity contribution in [3.8, 4) is 0 Å². The Morgan fingerprint density at radius 1 is 0.718 bits per heavy atom. The Morgan fingerprint density at radius 2 is 1.18 bits per heavy atom. The molecule has 0 N–H and O–H groups in total. The molecule has 5 atom stereocenters. The number of hydrogen-bond donors (Lipinski definition) is 0. The molecule has 11 heteroatoms. The molecular formula is C28H25B2O9. The molecule has 0 aliphatic carbocycles. The van der Waals surface area contributed by atoms with Crippen LogP contribution in [0.15, 0.2) is 91.0 Å². The first-order valence-corrected chi connectivity index (χ1v) is 12.1. The van der Waals surface area contributed by atoms with Gasteiger partial charge in [0.2, 0.25) is 0 Å². The summed E-state index contributed by atoms with van der Waals surface area (Å²) in [6.07, 6.45) is -5.84. The van der Waals surface area contributed by atoms with Crippen molar-refractivity contribution in [2.24, 2.45) is 0 Å². The second-order valence-corrected chi connectivity index (χ2v) is 8.45. The van der Waals surface area contributed by atoms with E-state index in [0.717, 1.165) is 7.00 Å². The second-order valence-electron chi connectivity index (χ2n) is 8.45. The van der Waals surface area contributed by atoms with Gasteiger partial charge in [0.1, 0.15) is 0 Å². The zero-order chi connectivity index (χ0) is 27.6. The van der Waals surface area contributed by atoms with Crippen molar-refractivity contribution in [1.29, 1.82) is 0 Å². The Morgan fingerprint density at radius 3 is 1.64 bits per heavy atom. The van der Waals surface area contributed by atoms with Crippen molar-refractivity contribution in [3.63, 3.8) is 0 Å². The topological polar surface area (TPSA) is 107 Å². The van der Waals surface area contributed by atoms with Crippen molar-refractivity contribution in [2.75, 3.05) is 13.7 Å². The molecule has 9 nitrogen and oxygen atoms in total. The standard InChI is InChI=1S/C28H25B2O9/c1-34-28-24(38-27(33)20-15-9-4-10-16-20)23(39-30-29)22(37-26(32)19-13-7-3-8-14-19)21(36-28)17-35-25(31)18-11-5-2-6-12-18/h2-16,21-24,28H,17H2,1H3/t21?,22-,23?,24-,28+/m1/s1. The minimum absolute atomic E-state index is 0.264. The zero-order valence-electron chi connectivity index (χ0n) is 21.1. The summed E-state index contributed by atoms with van der Waals surface area (Å²) in [7, 11) is 7.84. The molecule has 1 saturated heterocycles. The van der Waals surface area contributed by atoms with Gasteiger partial charge in [-0.2, -0.15) is 0 Å². The number of esters is 3. The third-order valence-corrected chi connectivity index (χ3v) is 5.95. The number of methoxy groups -OCH3 is 1. The molecule has 4 rings (SSSR count). The van der Waals surface area contributed by atoms with Gasteiger partial charge >= 0.3 is 227 Å². The van der Waals surface area contributed by atoms with Crippen molar-refractivity contribution in [3.05, 3.63) is 108 Å². The van der Waals surface area contributed by atoms with Crippen LogP contribution in [0.25, 0.3) is 0 Å². The van der Waals surface area contributed by atoms with Crippen molar-refractivity contribution >= 4 is 32.3 Å². The molecule has 0 bridgehead atoms. The monoisotopic (exact) mass is 527 g/mol. The fraction of sp³-hybridized carbons (Fsp3) is 0.250. The average Bonchev–Trinajstić information content (AvgIpc) is 2.99. The van der Waals surface area contributed by atoms with E-state index < -0.39 is 48.6 Å². The molecule has 1 heterocycles. The summed E-state index contributed by atoms with van der Waals surface area (Å²) in [6, 6.07) is 24.9. The van der Waals surface area contributed by atoms with Crippen LogP contribution in [0.3, 0.4) is 0 Å². The van der Waals surface area contributed by atoms with Crippen LogP contribution >= 0.6 is 0 Å². The summed E-state index contributed by atoms with van der Waals surface area (Å²) in [5, 5.41) is 0. The van der Waals surface area contributed by atoms with E-state index >= 15 is 0 Å². The molecular weight excluding hydrogens is 502 g/mol. The first-order chi connectivity index (χ1) is 19.0. The Balaban J connectivity index is 1.61. The zero-order valence-corrected chi connectivity index (χ0v) is 21.1. The van der Waals surface area contributed by atoms with E-state index in [0.29, 0.717) is 5.56 Å². The van der Waals surface area contributed by atoms with Gasteiger partial charge in [-0.3, -0.25) is 0 Å². The van der Waals surface area contributed by atoms with Crippen LogP contribution in [0.2, 0.25) is 0 Å². The molecule has 0 aromatic heterocycles. The van der Waals surface area contributed by atoms with Gasteiger partial charge in [-0.15, -0.1) is 0 Å². The van der Waals surface area contributed by atoms with Crippen molar-refractivity contribution < 1.29 is 42.7 Å². The Labute approximate surface area is 227 Å². The molecule has 197 valence electrons. The van der Waals surface area contributed by atoms with E-state index in [9.17, 15) is 14.4 Å². The first-order valence-electron chi connectivity index (χ1n) is 12.1. The molecule has 39 heavy (non-hydrogen) atoms. The van der Waals surface area contributed by atoms with Gasteiger partial charge in [-0.25, -0.2) is 0 Å². The Bertz CT molecular complexity index is 1260. The second kappa shape index (κ2) is 13.6. The van der Waals surface area contributed by atoms with E-state index in [2.05, 4.69) is 0 Å². The van der Waals surface area contributed by atoms with Gasteiger partial charge < -0.3 is 0 Å². The SMILES string of the molecule is [B]=BOC1[C@H](OC(=O)c2ccccc2)C(COC(=O)c2ccccc2)O[C@H](OC)[C@@H]1OC(=O)c1ccccc1. The molecule has 1 fully saturated rings. The van der Waals surface area contributed by atoms with Crippen LogP contribution in [-0.2, 0) is 28.3 Å². The number of carbonyl (C=O) groups excluding carboxylic acids is 3. The number of ether oxygens (including phenoxy) is 5. The molecule has 3 aromatic rings. The number of carbonyl (C=O) groups is 3. The van der Waals surface area contributed by atoms with Crippen LogP contribution in [-0.4, -0.2) is 76.7 Å². The van der Waals surface area contributed by atoms with E-state index in [4.69, 9.17) is 35.7 Å². The van der Waals surface area contributed by atoms with Crippen LogP contribution in [0.5, 0.6) is 0 Å². The maximum atomic E-state index is 13.0. The molecule has 0 spiro atoms. The van der Waals surface area contributed by atoms with Gasteiger partial charge in [-0.05, 0) is 0 Å². The molecule has 1 aliphatic rings. The maximum absolute atomic E-state index is 13.0. The van der Waals surface area contributed by atoms with Crippen LogP contribution in [0.4, 0.5) is 0 Å². The van der Waals surface area contributed by atoms with Gasteiger partial charge in [0.05, 0.1) is 0 Å². The van der Waals surface area contributed by atoms with Crippen LogP contribution < -0.4 is 0 Å². The summed E-state index contributed by atoms with van der Waals surface area (Å²) >= 11 is 0. The van der Waals surface area contributed by atoms with Gasteiger partial charge in [0.25, 0.3) is 0 Å².